The van der Waals surface area contributed by atoms with Crippen LogP contribution in [0.3, 0.4) is 0 Å². The number of imide groups is 1. The summed E-state index contributed by atoms with van der Waals surface area (Å²) in [5.74, 6) is 0.0336. The predicted molar refractivity (Wildman–Crippen MR) is 72.3 cm³/mol. The van der Waals surface area contributed by atoms with Crippen molar-refractivity contribution in [3.8, 4) is 5.75 Å². The number of rotatable bonds is 3. The van der Waals surface area contributed by atoms with E-state index in [9.17, 15) is 9.59 Å². The zero-order chi connectivity index (χ0) is 13.9. The van der Waals surface area contributed by atoms with Gasteiger partial charge in [0.1, 0.15) is 5.75 Å². The van der Waals surface area contributed by atoms with Crippen LogP contribution in [0, 0.1) is 0 Å². The molecule has 2 amide bonds. The van der Waals surface area contributed by atoms with E-state index in [-0.39, 0.29) is 18.1 Å². The Kier molecular flexibility index (Phi) is 3.52. The molecule has 1 saturated heterocycles. The molecule has 2 aliphatic heterocycles. The summed E-state index contributed by atoms with van der Waals surface area (Å²) >= 11 is 0. The van der Waals surface area contributed by atoms with E-state index in [2.05, 4.69) is 0 Å². The molecule has 0 aliphatic carbocycles. The average molecular weight is 273 g/mol. The Morgan fingerprint density at radius 1 is 1.05 bits per heavy atom. The normalized spacial score (nSPS) is 22.4. The Labute approximate surface area is 116 Å². The number of ether oxygens (including phenoxy) is 2. The Bertz CT molecular complexity index is 525. The number of nitrogens with zero attached hydrogens (tertiary/aromatic N) is 1. The number of hydrogen-bond acceptors (Lipinski definition) is 4. The third kappa shape index (κ3) is 2.58. The molecule has 0 N–H and O–H groups in total. The molecular weight excluding hydrogens is 258 g/mol. The Balaban J connectivity index is 1.68. The quantitative estimate of drug-likeness (QED) is 0.791. The maximum Gasteiger partial charge on any atom is 0.258 e. The number of carbonyl (C=O) groups is 2. The van der Waals surface area contributed by atoms with Crippen molar-refractivity contribution in [2.24, 2.45) is 0 Å². The first-order valence-electron chi connectivity index (χ1n) is 6.68. The smallest absolute Gasteiger partial charge is 0.258 e. The summed E-state index contributed by atoms with van der Waals surface area (Å²) < 4.78 is 11.2. The van der Waals surface area contributed by atoms with E-state index in [1.807, 2.05) is 0 Å². The lowest BCUT2D eigenvalue weighted by molar-refractivity contribution is -0.120. The van der Waals surface area contributed by atoms with Gasteiger partial charge in [0.25, 0.3) is 11.8 Å². The maximum absolute atomic E-state index is 11.6. The molecule has 5 nitrogen and oxygen atoms in total. The third-order valence-corrected chi connectivity index (χ3v) is 3.31. The molecule has 0 saturated carbocycles. The lowest BCUT2D eigenvalue weighted by Gasteiger charge is -2.23. The Morgan fingerprint density at radius 3 is 2.35 bits per heavy atom. The van der Waals surface area contributed by atoms with Crippen molar-refractivity contribution in [2.75, 3.05) is 11.5 Å². The largest absolute Gasteiger partial charge is 0.465 e. The molecule has 1 atom stereocenters. The summed E-state index contributed by atoms with van der Waals surface area (Å²) in [5, 5.41) is 0. The highest BCUT2D eigenvalue weighted by atomic mass is 16.7. The van der Waals surface area contributed by atoms with Gasteiger partial charge in [-0.1, -0.05) is 0 Å². The highest BCUT2D eigenvalue weighted by Crippen LogP contribution is 2.24. The van der Waals surface area contributed by atoms with Crippen molar-refractivity contribution in [1.29, 1.82) is 0 Å². The second kappa shape index (κ2) is 5.46. The second-order valence-electron chi connectivity index (χ2n) is 4.75. The molecule has 1 fully saturated rings. The average Bonchev–Trinajstić information content (AvgIpc) is 2.81. The molecule has 1 aromatic carbocycles. The lowest BCUT2D eigenvalue weighted by atomic mass is 10.2. The molecule has 3 rings (SSSR count). The van der Waals surface area contributed by atoms with Crippen molar-refractivity contribution >= 4 is 17.5 Å². The van der Waals surface area contributed by atoms with E-state index in [1.54, 1.807) is 24.3 Å². The van der Waals surface area contributed by atoms with E-state index in [0.717, 1.165) is 30.8 Å². The van der Waals surface area contributed by atoms with Gasteiger partial charge in [0.05, 0.1) is 12.3 Å². The third-order valence-electron chi connectivity index (χ3n) is 3.31. The molecular formula is C15H15NO4. The minimum atomic E-state index is -0.320. The molecule has 0 spiro atoms. The number of benzene rings is 1. The fourth-order valence-electron chi connectivity index (χ4n) is 2.28. The van der Waals surface area contributed by atoms with Gasteiger partial charge in [-0.2, -0.15) is 0 Å². The van der Waals surface area contributed by atoms with Gasteiger partial charge in [-0.15, -0.1) is 0 Å². The van der Waals surface area contributed by atoms with E-state index in [1.165, 1.54) is 12.2 Å². The van der Waals surface area contributed by atoms with Gasteiger partial charge in [-0.05, 0) is 37.1 Å². The summed E-state index contributed by atoms with van der Waals surface area (Å²) in [6.45, 7) is 0.727. The van der Waals surface area contributed by atoms with Crippen LogP contribution in [0.15, 0.2) is 36.4 Å². The monoisotopic (exact) mass is 273 g/mol. The summed E-state index contributed by atoms with van der Waals surface area (Å²) in [5.41, 5.74) is 0.543. The molecule has 104 valence electrons. The van der Waals surface area contributed by atoms with Crippen molar-refractivity contribution < 1.29 is 19.1 Å². The first-order chi connectivity index (χ1) is 9.74. The molecule has 2 aliphatic rings. The fourth-order valence-corrected chi connectivity index (χ4v) is 2.28. The predicted octanol–water partition coefficient (Wildman–Crippen LogP) is 2.02. The second-order valence-corrected chi connectivity index (χ2v) is 4.75. The van der Waals surface area contributed by atoms with Gasteiger partial charge in [-0.25, -0.2) is 4.90 Å². The van der Waals surface area contributed by atoms with Crippen LogP contribution in [0.2, 0.25) is 0 Å². The van der Waals surface area contributed by atoms with Crippen LogP contribution in [-0.2, 0) is 14.3 Å². The van der Waals surface area contributed by atoms with Crippen LogP contribution in [0.1, 0.15) is 19.3 Å². The highest BCUT2D eigenvalue weighted by molar-refractivity contribution is 6.28. The molecule has 2 heterocycles. The van der Waals surface area contributed by atoms with Crippen LogP contribution in [0.5, 0.6) is 5.75 Å². The van der Waals surface area contributed by atoms with Crippen LogP contribution >= 0.6 is 0 Å². The van der Waals surface area contributed by atoms with E-state index in [0.29, 0.717) is 11.4 Å². The van der Waals surface area contributed by atoms with Gasteiger partial charge in [-0.3, -0.25) is 9.59 Å². The lowest BCUT2D eigenvalue weighted by Crippen LogP contribution is -2.29. The standard InChI is InChI=1S/C15H15NO4/c17-13-8-9-14(18)16(13)11-4-6-12(7-5-11)20-15-3-1-2-10-19-15/h4-9,15H,1-3,10H2. The van der Waals surface area contributed by atoms with Crippen molar-refractivity contribution in [2.45, 2.75) is 25.6 Å². The molecule has 0 bridgehead atoms. The number of amides is 2. The number of carbonyl (C=O) groups excluding carboxylic acids is 2. The molecule has 20 heavy (non-hydrogen) atoms. The highest BCUT2D eigenvalue weighted by Gasteiger charge is 2.25. The summed E-state index contributed by atoms with van der Waals surface area (Å²) in [6.07, 6.45) is 5.39. The van der Waals surface area contributed by atoms with Crippen LogP contribution in [0.4, 0.5) is 5.69 Å². The van der Waals surface area contributed by atoms with Crippen LogP contribution < -0.4 is 9.64 Å². The van der Waals surface area contributed by atoms with Gasteiger partial charge in [0.2, 0.25) is 0 Å². The maximum atomic E-state index is 11.6. The number of hydrogen-bond donors (Lipinski definition) is 0. The molecule has 0 radical (unpaired) electrons. The zero-order valence-electron chi connectivity index (χ0n) is 11.0. The fraction of sp³-hybridized carbons (Fsp3) is 0.333. The Hall–Kier alpha value is -2.14. The molecule has 1 unspecified atom stereocenters. The van der Waals surface area contributed by atoms with Gasteiger partial charge < -0.3 is 9.47 Å². The van der Waals surface area contributed by atoms with Gasteiger partial charge in [0.15, 0.2) is 6.29 Å². The molecule has 0 aromatic heterocycles. The van der Waals surface area contributed by atoms with Gasteiger partial charge in [0, 0.05) is 18.6 Å². The molecule has 1 aromatic rings. The zero-order valence-corrected chi connectivity index (χ0v) is 11.0. The first kappa shape index (κ1) is 12.9. The topological polar surface area (TPSA) is 55.8 Å². The van der Waals surface area contributed by atoms with E-state index < -0.39 is 0 Å². The van der Waals surface area contributed by atoms with Crippen molar-refractivity contribution in [1.82, 2.24) is 0 Å². The SMILES string of the molecule is O=C1C=CC(=O)N1c1ccc(OC2CCCCO2)cc1. The van der Waals surface area contributed by atoms with Crippen LogP contribution in [-0.4, -0.2) is 24.7 Å². The van der Waals surface area contributed by atoms with Crippen molar-refractivity contribution in [3.63, 3.8) is 0 Å². The van der Waals surface area contributed by atoms with E-state index >= 15 is 0 Å². The minimum Gasteiger partial charge on any atom is -0.465 e. The summed E-state index contributed by atoms with van der Waals surface area (Å²) in [4.78, 5) is 24.2. The van der Waals surface area contributed by atoms with Gasteiger partial charge >= 0.3 is 0 Å². The first-order valence-corrected chi connectivity index (χ1v) is 6.68. The summed E-state index contributed by atoms with van der Waals surface area (Å²) in [6, 6.07) is 6.88. The Morgan fingerprint density at radius 2 is 1.75 bits per heavy atom. The summed E-state index contributed by atoms with van der Waals surface area (Å²) in [7, 11) is 0. The van der Waals surface area contributed by atoms with E-state index in [4.69, 9.17) is 9.47 Å². The minimum absolute atomic E-state index is 0.202. The number of anilines is 1. The van der Waals surface area contributed by atoms with Crippen molar-refractivity contribution in [3.05, 3.63) is 36.4 Å². The van der Waals surface area contributed by atoms with Crippen LogP contribution in [0.25, 0.3) is 0 Å². The molecule has 5 heteroatoms.